The van der Waals surface area contributed by atoms with Gasteiger partial charge in [-0.3, -0.25) is 0 Å². The Bertz CT molecular complexity index is 592. The molecule has 0 saturated carbocycles. The van der Waals surface area contributed by atoms with E-state index in [-0.39, 0.29) is 12.0 Å². The molecule has 5 heteroatoms. The second kappa shape index (κ2) is 7.33. The van der Waals surface area contributed by atoms with Crippen LogP contribution in [0.4, 0.5) is 0 Å². The van der Waals surface area contributed by atoms with Crippen molar-refractivity contribution in [2.45, 2.75) is 24.4 Å². The van der Waals surface area contributed by atoms with Gasteiger partial charge in [0.1, 0.15) is 12.0 Å². The highest BCUT2D eigenvalue weighted by Crippen LogP contribution is 2.19. The minimum atomic E-state index is -0.384. The monoisotopic (exact) mass is 305 g/mol. The molecule has 0 aliphatic heterocycles. The maximum Gasteiger partial charge on any atom is 0.341 e. The summed E-state index contributed by atoms with van der Waals surface area (Å²) >= 11 is 1.73. The van der Waals surface area contributed by atoms with Crippen molar-refractivity contribution in [2.75, 3.05) is 13.4 Å². The molecule has 2 aromatic rings. The van der Waals surface area contributed by atoms with Crippen molar-refractivity contribution in [3.8, 4) is 0 Å². The summed E-state index contributed by atoms with van der Waals surface area (Å²) in [7, 11) is 1.35. The molecule has 2 rings (SSSR count). The third-order valence-electron chi connectivity index (χ3n) is 3.27. The zero-order valence-corrected chi connectivity index (χ0v) is 13.2. The van der Waals surface area contributed by atoms with Crippen LogP contribution in [0.3, 0.4) is 0 Å². The van der Waals surface area contributed by atoms with Crippen LogP contribution in [0.1, 0.15) is 34.6 Å². The standard InChI is InChI=1S/C16H19NO3S/c1-11(12-4-6-15(21-3)7-5-12)17-9-14-8-13(10-20-14)16(18)19-2/h4-8,10-11,17H,9H2,1-3H3. The fourth-order valence-corrected chi connectivity index (χ4v) is 2.37. The van der Waals surface area contributed by atoms with Crippen molar-refractivity contribution in [3.05, 3.63) is 53.5 Å². The number of ether oxygens (including phenoxy) is 1. The number of benzene rings is 1. The summed E-state index contributed by atoms with van der Waals surface area (Å²) in [4.78, 5) is 12.6. The highest BCUT2D eigenvalue weighted by atomic mass is 32.2. The summed E-state index contributed by atoms with van der Waals surface area (Å²) in [5, 5.41) is 3.37. The maximum atomic E-state index is 11.3. The van der Waals surface area contributed by atoms with Gasteiger partial charge < -0.3 is 14.5 Å². The molecule has 0 radical (unpaired) electrons. The Morgan fingerprint density at radius 2 is 2.10 bits per heavy atom. The van der Waals surface area contributed by atoms with Crippen molar-refractivity contribution in [1.29, 1.82) is 0 Å². The van der Waals surface area contributed by atoms with Crippen LogP contribution >= 0.6 is 11.8 Å². The molecule has 0 fully saturated rings. The Kier molecular flexibility index (Phi) is 5.47. The Morgan fingerprint density at radius 1 is 1.38 bits per heavy atom. The second-order valence-electron chi connectivity index (χ2n) is 4.67. The van der Waals surface area contributed by atoms with E-state index >= 15 is 0 Å². The van der Waals surface area contributed by atoms with Crippen LogP contribution in [-0.4, -0.2) is 19.3 Å². The molecule has 1 unspecified atom stereocenters. The first kappa shape index (κ1) is 15.7. The van der Waals surface area contributed by atoms with Gasteiger partial charge in [0.15, 0.2) is 0 Å². The topological polar surface area (TPSA) is 51.5 Å². The molecule has 1 heterocycles. The molecule has 1 aromatic heterocycles. The molecule has 21 heavy (non-hydrogen) atoms. The third-order valence-corrected chi connectivity index (χ3v) is 4.02. The molecular formula is C16H19NO3S. The van der Waals surface area contributed by atoms with Gasteiger partial charge in [-0.25, -0.2) is 4.79 Å². The number of hydrogen-bond donors (Lipinski definition) is 1. The van der Waals surface area contributed by atoms with Crippen molar-refractivity contribution in [3.63, 3.8) is 0 Å². The molecule has 112 valence electrons. The van der Waals surface area contributed by atoms with Gasteiger partial charge in [0.05, 0.1) is 19.2 Å². The predicted molar refractivity (Wildman–Crippen MR) is 83.5 cm³/mol. The number of nitrogens with one attached hydrogen (secondary N) is 1. The summed E-state index contributed by atoms with van der Waals surface area (Å²) in [5.74, 6) is 0.327. The highest BCUT2D eigenvalue weighted by molar-refractivity contribution is 7.98. The summed E-state index contributed by atoms with van der Waals surface area (Å²) in [6.45, 7) is 2.65. The van der Waals surface area contributed by atoms with Crippen LogP contribution in [0.25, 0.3) is 0 Å². The van der Waals surface area contributed by atoms with Crippen molar-refractivity contribution < 1.29 is 13.9 Å². The van der Waals surface area contributed by atoms with E-state index in [2.05, 4.69) is 47.5 Å². The molecule has 0 amide bonds. The lowest BCUT2D eigenvalue weighted by atomic mass is 10.1. The van der Waals surface area contributed by atoms with Gasteiger partial charge in [0.25, 0.3) is 0 Å². The lowest BCUT2D eigenvalue weighted by molar-refractivity contribution is 0.0600. The van der Waals surface area contributed by atoms with E-state index in [1.54, 1.807) is 17.8 Å². The zero-order valence-electron chi connectivity index (χ0n) is 12.4. The molecule has 4 nitrogen and oxygen atoms in total. The minimum absolute atomic E-state index is 0.201. The Hall–Kier alpha value is -1.72. The van der Waals surface area contributed by atoms with E-state index < -0.39 is 0 Å². The summed E-state index contributed by atoms with van der Waals surface area (Å²) < 4.78 is 9.99. The third kappa shape index (κ3) is 4.12. The van der Waals surface area contributed by atoms with Crippen LogP contribution in [0.15, 0.2) is 45.9 Å². The molecule has 0 aliphatic carbocycles. The van der Waals surface area contributed by atoms with Crippen LogP contribution < -0.4 is 5.32 Å². The molecule has 0 bridgehead atoms. The summed E-state index contributed by atoms with van der Waals surface area (Å²) in [5.41, 5.74) is 1.65. The van der Waals surface area contributed by atoms with Gasteiger partial charge in [-0.2, -0.15) is 0 Å². The van der Waals surface area contributed by atoms with Gasteiger partial charge in [-0.1, -0.05) is 12.1 Å². The average molecular weight is 305 g/mol. The number of rotatable bonds is 6. The van der Waals surface area contributed by atoms with Crippen LogP contribution in [0.2, 0.25) is 0 Å². The predicted octanol–water partition coefficient (Wildman–Crippen LogP) is 3.64. The number of thioether (sulfide) groups is 1. The van der Waals surface area contributed by atoms with Crippen LogP contribution in [0, 0.1) is 0 Å². The number of furan rings is 1. The highest BCUT2D eigenvalue weighted by Gasteiger charge is 2.11. The first-order valence-corrected chi connectivity index (χ1v) is 7.89. The smallest absolute Gasteiger partial charge is 0.341 e. The number of methoxy groups -OCH3 is 1. The summed E-state index contributed by atoms with van der Waals surface area (Å²) in [6, 6.07) is 10.4. The van der Waals surface area contributed by atoms with Gasteiger partial charge in [0.2, 0.25) is 0 Å². The molecule has 1 atom stereocenters. The molecule has 0 aliphatic rings. The van der Waals surface area contributed by atoms with Gasteiger partial charge >= 0.3 is 5.97 Å². The zero-order chi connectivity index (χ0) is 15.2. The van der Waals surface area contributed by atoms with E-state index in [9.17, 15) is 4.79 Å². The van der Waals surface area contributed by atoms with Crippen LogP contribution in [0.5, 0.6) is 0 Å². The number of hydrogen-bond acceptors (Lipinski definition) is 5. The van der Waals surface area contributed by atoms with E-state index in [0.717, 1.165) is 0 Å². The molecular weight excluding hydrogens is 286 g/mol. The Balaban J connectivity index is 1.92. The SMILES string of the molecule is COC(=O)c1coc(CNC(C)c2ccc(SC)cc2)c1. The summed E-state index contributed by atoms with van der Waals surface area (Å²) in [6.07, 6.45) is 3.48. The number of esters is 1. The van der Waals surface area contributed by atoms with E-state index in [0.29, 0.717) is 17.9 Å². The minimum Gasteiger partial charge on any atom is -0.467 e. The van der Waals surface area contributed by atoms with Gasteiger partial charge in [0, 0.05) is 10.9 Å². The molecule has 1 N–H and O–H groups in total. The first-order valence-electron chi connectivity index (χ1n) is 6.67. The normalized spacial score (nSPS) is 12.1. The Labute approximate surface area is 128 Å². The lowest BCUT2D eigenvalue weighted by Crippen LogP contribution is -2.17. The van der Waals surface area contributed by atoms with Crippen molar-refractivity contribution in [2.24, 2.45) is 0 Å². The second-order valence-corrected chi connectivity index (χ2v) is 5.55. The molecule has 0 spiro atoms. The maximum absolute atomic E-state index is 11.3. The largest absolute Gasteiger partial charge is 0.467 e. The van der Waals surface area contributed by atoms with E-state index in [1.165, 1.54) is 23.8 Å². The fourth-order valence-electron chi connectivity index (χ4n) is 1.96. The van der Waals surface area contributed by atoms with Crippen LogP contribution in [-0.2, 0) is 11.3 Å². The number of carbonyl (C=O) groups is 1. The number of carbonyl (C=O) groups excluding carboxylic acids is 1. The average Bonchev–Trinajstić information content (AvgIpc) is 3.01. The quantitative estimate of drug-likeness (QED) is 0.652. The Morgan fingerprint density at radius 3 is 2.71 bits per heavy atom. The lowest BCUT2D eigenvalue weighted by Gasteiger charge is -2.13. The van der Waals surface area contributed by atoms with Gasteiger partial charge in [-0.15, -0.1) is 11.8 Å². The molecule has 0 saturated heterocycles. The van der Waals surface area contributed by atoms with E-state index in [4.69, 9.17) is 4.42 Å². The molecule has 1 aromatic carbocycles. The van der Waals surface area contributed by atoms with Crippen molar-refractivity contribution in [1.82, 2.24) is 5.32 Å². The van der Waals surface area contributed by atoms with Crippen molar-refractivity contribution >= 4 is 17.7 Å². The van der Waals surface area contributed by atoms with Gasteiger partial charge in [-0.05, 0) is 36.9 Å². The fraction of sp³-hybridized carbons (Fsp3) is 0.312. The van der Waals surface area contributed by atoms with E-state index in [1.807, 2.05) is 0 Å². The first-order chi connectivity index (χ1) is 10.1.